The molecule has 3 rings (SSSR count). The first-order chi connectivity index (χ1) is 19.4. The van der Waals surface area contributed by atoms with Crippen molar-refractivity contribution >= 4 is 41.3 Å². The van der Waals surface area contributed by atoms with Crippen molar-refractivity contribution in [1.29, 1.82) is 0 Å². The summed E-state index contributed by atoms with van der Waals surface area (Å²) >= 11 is 0. The fourth-order valence-electron chi connectivity index (χ4n) is 4.10. The largest absolute Gasteiger partial charge is 0.348 e. The summed E-state index contributed by atoms with van der Waals surface area (Å²) in [5.41, 5.74) is 2.81. The second-order valence-electron chi connectivity index (χ2n) is 9.14. The molecule has 0 aliphatic rings. The van der Waals surface area contributed by atoms with E-state index >= 15 is 0 Å². The zero-order valence-corrected chi connectivity index (χ0v) is 22.5. The predicted molar refractivity (Wildman–Crippen MR) is 154 cm³/mol. The average molecular weight is 543 g/mol. The fourth-order valence-corrected chi connectivity index (χ4v) is 4.10. The maximum Gasteiger partial charge on any atom is 0.246 e. The molecular formula is C31H34N4O5. The van der Waals surface area contributed by atoms with Gasteiger partial charge in [0.1, 0.15) is 12.8 Å². The highest BCUT2D eigenvalue weighted by molar-refractivity contribution is 6.06. The zero-order chi connectivity index (χ0) is 28.7. The van der Waals surface area contributed by atoms with E-state index in [0.29, 0.717) is 30.5 Å². The van der Waals surface area contributed by atoms with E-state index in [4.69, 9.17) is 0 Å². The lowest BCUT2D eigenvalue weighted by molar-refractivity contribution is -0.126. The molecule has 0 unspecified atom stereocenters. The lowest BCUT2D eigenvalue weighted by Crippen LogP contribution is -2.46. The number of benzene rings is 3. The third-order valence-corrected chi connectivity index (χ3v) is 6.28. The van der Waals surface area contributed by atoms with Crippen LogP contribution in [-0.2, 0) is 36.8 Å². The number of nitrogens with zero attached hydrogens (tertiary/aromatic N) is 2. The van der Waals surface area contributed by atoms with Gasteiger partial charge >= 0.3 is 0 Å². The van der Waals surface area contributed by atoms with E-state index in [0.717, 1.165) is 11.1 Å². The van der Waals surface area contributed by atoms with Crippen molar-refractivity contribution in [3.05, 3.63) is 96.1 Å². The van der Waals surface area contributed by atoms with E-state index in [1.54, 1.807) is 31.3 Å². The molecule has 0 aromatic heterocycles. The fraction of sp³-hybridized carbons (Fsp3) is 0.258. The van der Waals surface area contributed by atoms with Crippen molar-refractivity contribution in [3.8, 4) is 0 Å². The summed E-state index contributed by atoms with van der Waals surface area (Å²) in [5.74, 6) is -1.55. The normalized spacial score (nSPS) is 10.3. The Labute approximate surface area is 234 Å². The van der Waals surface area contributed by atoms with Crippen LogP contribution >= 0.6 is 0 Å². The summed E-state index contributed by atoms with van der Waals surface area (Å²) in [4.78, 5) is 64.8. The Morgan fingerprint density at radius 3 is 1.82 bits per heavy atom. The van der Waals surface area contributed by atoms with Gasteiger partial charge in [-0.15, -0.1) is 0 Å². The maximum atomic E-state index is 13.3. The Balaban J connectivity index is 1.73. The molecule has 0 radical (unpaired) electrons. The minimum Gasteiger partial charge on any atom is -0.348 e. The molecule has 9 heteroatoms. The predicted octanol–water partition coefficient (Wildman–Crippen LogP) is 2.68. The standard InChI is InChI=1S/C31H34N4O5/c1-34(30(39)19-17-25-12-6-3-7-13-25)26-14-8-9-15-27(26)35(23-29(38)32-20-21-36)31(40)22-33-28(37)18-16-24-10-4-2-5-11-24/h2-15,21H,16-20,22-23H2,1H3,(H,32,38)(H,33,37). The number of amides is 4. The Bertz CT molecular complexity index is 1300. The Morgan fingerprint density at radius 1 is 0.675 bits per heavy atom. The summed E-state index contributed by atoms with van der Waals surface area (Å²) < 4.78 is 0. The van der Waals surface area contributed by atoms with Gasteiger partial charge < -0.3 is 20.3 Å². The van der Waals surface area contributed by atoms with Crippen molar-refractivity contribution in [1.82, 2.24) is 10.6 Å². The molecule has 0 aliphatic carbocycles. The number of hydrogen-bond acceptors (Lipinski definition) is 5. The molecule has 9 nitrogen and oxygen atoms in total. The average Bonchev–Trinajstić information content (AvgIpc) is 2.99. The van der Waals surface area contributed by atoms with Crippen molar-refractivity contribution in [2.75, 3.05) is 36.5 Å². The lowest BCUT2D eigenvalue weighted by atomic mass is 10.1. The number of anilines is 2. The number of nitrogens with one attached hydrogen (secondary N) is 2. The van der Waals surface area contributed by atoms with Crippen LogP contribution in [0.25, 0.3) is 0 Å². The lowest BCUT2D eigenvalue weighted by Gasteiger charge is -2.28. The molecule has 3 aromatic carbocycles. The molecule has 2 N–H and O–H groups in total. The van der Waals surface area contributed by atoms with Crippen LogP contribution in [0.15, 0.2) is 84.9 Å². The number of para-hydroxylation sites is 2. The summed E-state index contributed by atoms with van der Waals surface area (Å²) in [6.07, 6.45) is 2.08. The first-order valence-corrected chi connectivity index (χ1v) is 13.1. The number of aldehydes is 1. The van der Waals surface area contributed by atoms with Crippen LogP contribution in [0.3, 0.4) is 0 Å². The van der Waals surface area contributed by atoms with Gasteiger partial charge in [-0.3, -0.25) is 24.1 Å². The van der Waals surface area contributed by atoms with Gasteiger partial charge in [0.15, 0.2) is 0 Å². The van der Waals surface area contributed by atoms with Crippen molar-refractivity contribution in [2.24, 2.45) is 0 Å². The van der Waals surface area contributed by atoms with E-state index in [-0.39, 0.29) is 37.7 Å². The van der Waals surface area contributed by atoms with E-state index in [2.05, 4.69) is 10.6 Å². The molecule has 0 bridgehead atoms. The van der Waals surface area contributed by atoms with Crippen LogP contribution in [0.5, 0.6) is 0 Å². The van der Waals surface area contributed by atoms with Crippen LogP contribution in [0, 0.1) is 0 Å². The summed E-state index contributed by atoms with van der Waals surface area (Å²) in [6, 6.07) is 25.9. The SMILES string of the molecule is CN(C(=O)CCc1ccccc1)c1ccccc1N(CC(=O)NCC=O)C(=O)CNC(=O)CCc1ccccc1. The first-order valence-electron chi connectivity index (χ1n) is 13.1. The topological polar surface area (TPSA) is 116 Å². The second kappa shape index (κ2) is 15.6. The van der Waals surface area contributed by atoms with Crippen LogP contribution in [0.1, 0.15) is 24.0 Å². The molecule has 0 atom stereocenters. The van der Waals surface area contributed by atoms with Crippen LogP contribution in [-0.4, -0.2) is 56.6 Å². The molecule has 208 valence electrons. The molecule has 40 heavy (non-hydrogen) atoms. The van der Waals surface area contributed by atoms with Gasteiger partial charge in [0, 0.05) is 19.9 Å². The number of rotatable bonds is 14. The van der Waals surface area contributed by atoms with Crippen molar-refractivity contribution < 1.29 is 24.0 Å². The second-order valence-corrected chi connectivity index (χ2v) is 9.14. The molecule has 0 heterocycles. The van der Waals surface area contributed by atoms with Gasteiger partial charge in [0.2, 0.25) is 23.6 Å². The van der Waals surface area contributed by atoms with E-state index < -0.39 is 18.4 Å². The number of hydrogen-bond donors (Lipinski definition) is 2. The number of aryl methyl sites for hydroxylation is 2. The summed E-state index contributed by atoms with van der Waals surface area (Å²) in [6.45, 7) is -0.930. The minimum atomic E-state index is -0.552. The summed E-state index contributed by atoms with van der Waals surface area (Å²) in [7, 11) is 1.62. The Hall–Kier alpha value is -4.79. The quantitative estimate of drug-likeness (QED) is 0.304. The highest BCUT2D eigenvalue weighted by Gasteiger charge is 2.25. The van der Waals surface area contributed by atoms with Gasteiger partial charge in [-0.05, 0) is 36.1 Å². The maximum absolute atomic E-state index is 13.3. The highest BCUT2D eigenvalue weighted by Crippen LogP contribution is 2.29. The molecule has 0 saturated carbocycles. The van der Waals surface area contributed by atoms with E-state index in [9.17, 15) is 24.0 Å². The van der Waals surface area contributed by atoms with Gasteiger partial charge in [-0.1, -0.05) is 72.8 Å². The molecule has 0 aliphatic heterocycles. The number of carbonyl (C=O) groups is 5. The third-order valence-electron chi connectivity index (χ3n) is 6.28. The third kappa shape index (κ3) is 9.20. The zero-order valence-electron chi connectivity index (χ0n) is 22.5. The Morgan fingerprint density at radius 2 is 1.23 bits per heavy atom. The molecular weight excluding hydrogens is 508 g/mol. The highest BCUT2D eigenvalue weighted by atomic mass is 16.2. The van der Waals surface area contributed by atoms with Crippen molar-refractivity contribution in [3.63, 3.8) is 0 Å². The Kier molecular flexibility index (Phi) is 11.6. The van der Waals surface area contributed by atoms with Gasteiger partial charge in [0.05, 0.1) is 24.5 Å². The monoisotopic (exact) mass is 542 g/mol. The van der Waals surface area contributed by atoms with Crippen molar-refractivity contribution in [2.45, 2.75) is 25.7 Å². The molecule has 3 aromatic rings. The van der Waals surface area contributed by atoms with Crippen LogP contribution in [0.4, 0.5) is 11.4 Å². The summed E-state index contributed by atoms with van der Waals surface area (Å²) in [5, 5.41) is 5.06. The smallest absolute Gasteiger partial charge is 0.246 e. The van der Waals surface area contributed by atoms with Gasteiger partial charge in [-0.25, -0.2) is 0 Å². The minimum absolute atomic E-state index is 0.164. The first kappa shape index (κ1) is 29.8. The van der Waals surface area contributed by atoms with Gasteiger partial charge in [-0.2, -0.15) is 0 Å². The van der Waals surface area contributed by atoms with Gasteiger partial charge in [0.25, 0.3) is 0 Å². The molecule has 0 saturated heterocycles. The van der Waals surface area contributed by atoms with Crippen LogP contribution in [0.2, 0.25) is 0 Å². The van der Waals surface area contributed by atoms with E-state index in [1.165, 1.54) is 9.80 Å². The molecule has 0 fully saturated rings. The number of carbonyl (C=O) groups excluding carboxylic acids is 5. The molecule has 4 amide bonds. The van der Waals surface area contributed by atoms with E-state index in [1.807, 2.05) is 60.7 Å². The van der Waals surface area contributed by atoms with Crippen LogP contribution < -0.4 is 20.4 Å². The molecule has 0 spiro atoms.